The van der Waals surface area contributed by atoms with Gasteiger partial charge in [-0.2, -0.15) is 0 Å². The molecule has 0 fully saturated rings. The number of aryl methyl sites for hydroxylation is 2. The molecule has 0 spiro atoms. The van der Waals surface area contributed by atoms with Crippen LogP contribution in [0.5, 0.6) is 0 Å². The minimum absolute atomic E-state index is 0.391. The molecule has 22 heavy (non-hydrogen) atoms. The van der Waals surface area contributed by atoms with Gasteiger partial charge in [-0.3, -0.25) is 0 Å². The number of anilines is 2. The summed E-state index contributed by atoms with van der Waals surface area (Å²) in [4.78, 5) is 10.8. The summed E-state index contributed by atoms with van der Waals surface area (Å²) in [6.45, 7) is 4.57. The summed E-state index contributed by atoms with van der Waals surface area (Å²) >= 11 is 0. The van der Waals surface area contributed by atoms with Crippen molar-refractivity contribution in [1.82, 2.24) is 4.98 Å². The molecule has 0 aliphatic heterocycles. The molecule has 0 aliphatic carbocycles. The SMILES string of the molecule is Cc1cc(C)cc(NC(N)=NCc2cccc(N(C)C)n2)c1. The van der Waals surface area contributed by atoms with Gasteiger partial charge in [0.25, 0.3) is 0 Å². The van der Waals surface area contributed by atoms with Crippen LogP contribution in [0, 0.1) is 13.8 Å². The second-order valence-corrected chi connectivity index (χ2v) is 5.58. The van der Waals surface area contributed by atoms with E-state index >= 15 is 0 Å². The van der Waals surface area contributed by atoms with E-state index in [4.69, 9.17) is 5.73 Å². The van der Waals surface area contributed by atoms with E-state index in [-0.39, 0.29) is 0 Å². The Morgan fingerprint density at radius 3 is 2.50 bits per heavy atom. The van der Waals surface area contributed by atoms with Crippen molar-refractivity contribution in [1.29, 1.82) is 0 Å². The highest BCUT2D eigenvalue weighted by Crippen LogP contribution is 2.13. The summed E-state index contributed by atoms with van der Waals surface area (Å²) in [5.74, 6) is 1.30. The first-order valence-electron chi connectivity index (χ1n) is 7.22. The third-order valence-corrected chi connectivity index (χ3v) is 3.16. The number of rotatable bonds is 4. The molecule has 0 radical (unpaired) electrons. The van der Waals surface area contributed by atoms with E-state index in [9.17, 15) is 0 Å². The summed E-state index contributed by atoms with van der Waals surface area (Å²) in [5, 5.41) is 3.12. The van der Waals surface area contributed by atoms with Crippen molar-refractivity contribution in [2.24, 2.45) is 10.7 Å². The van der Waals surface area contributed by atoms with E-state index in [0.717, 1.165) is 17.2 Å². The summed E-state index contributed by atoms with van der Waals surface area (Å²) in [6.07, 6.45) is 0. The predicted molar refractivity (Wildman–Crippen MR) is 93.4 cm³/mol. The van der Waals surface area contributed by atoms with Gasteiger partial charge >= 0.3 is 0 Å². The van der Waals surface area contributed by atoms with E-state index in [1.165, 1.54) is 11.1 Å². The molecule has 0 amide bonds. The maximum Gasteiger partial charge on any atom is 0.193 e. The summed E-state index contributed by atoms with van der Waals surface area (Å²) in [5.41, 5.74) is 10.2. The van der Waals surface area contributed by atoms with Crippen LogP contribution in [0.3, 0.4) is 0 Å². The Morgan fingerprint density at radius 2 is 1.86 bits per heavy atom. The molecule has 2 rings (SSSR count). The second kappa shape index (κ2) is 6.93. The third kappa shape index (κ3) is 4.48. The highest BCUT2D eigenvalue weighted by molar-refractivity contribution is 5.92. The minimum Gasteiger partial charge on any atom is -0.370 e. The van der Waals surface area contributed by atoms with Gasteiger partial charge in [-0.15, -0.1) is 0 Å². The lowest BCUT2D eigenvalue weighted by Crippen LogP contribution is -2.22. The van der Waals surface area contributed by atoms with Crippen LogP contribution in [0.4, 0.5) is 11.5 Å². The normalized spacial score (nSPS) is 11.4. The predicted octanol–water partition coefficient (Wildman–Crippen LogP) is 2.69. The van der Waals surface area contributed by atoms with Crippen LogP contribution in [0.15, 0.2) is 41.4 Å². The van der Waals surface area contributed by atoms with Crippen molar-refractivity contribution in [2.45, 2.75) is 20.4 Å². The van der Waals surface area contributed by atoms with Crippen LogP contribution in [0.1, 0.15) is 16.8 Å². The monoisotopic (exact) mass is 297 g/mol. The standard InChI is InChI=1S/C17H23N5/c1-12-8-13(2)10-15(9-12)21-17(18)19-11-14-6-5-7-16(20-14)22(3)4/h5-10H,11H2,1-4H3,(H3,18,19,21). The number of nitrogens with two attached hydrogens (primary N) is 1. The lowest BCUT2D eigenvalue weighted by molar-refractivity contribution is 0.958. The molecule has 0 saturated heterocycles. The van der Waals surface area contributed by atoms with Gasteiger partial charge in [0, 0.05) is 19.8 Å². The molecule has 0 atom stereocenters. The van der Waals surface area contributed by atoms with Gasteiger partial charge < -0.3 is 16.0 Å². The Bertz CT molecular complexity index is 656. The average Bonchev–Trinajstić information content (AvgIpc) is 2.44. The molecule has 1 aromatic carbocycles. The zero-order valence-electron chi connectivity index (χ0n) is 13.6. The van der Waals surface area contributed by atoms with Crippen molar-refractivity contribution in [3.05, 3.63) is 53.2 Å². The number of aliphatic imine (C=N–C) groups is 1. The molecule has 0 saturated carbocycles. The first-order chi connectivity index (χ1) is 10.4. The minimum atomic E-state index is 0.391. The molecule has 116 valence electrons. The van der Waals surface area contributed by atoms with Gasteiger partial charge in [-0.05, 0) is 49.2 Å². The molecule has 5 nitrogen and oxygen atoms in total. The first kappa shape index (κ1) is 15.8. The number of pyridine rings is 1. The van der Waals surface area contributed by atoms with Crippen molar-refractivity contribution >= 4 is 17.5 Å². The molecule has 0 aliphatic rings. The van der Waals surface area contributed by atoms with E-state index < -0.39 is 0 Å². The molecule has 0 unspecified atom stereocenters. The molecular weight excluding hydrogens is 274 g/mol. The van der Waals surface area contributed by atoms with Crippen molar-refractivity contribution in [3.63, 3.8) is 0 Å². The fraction of sp³-hybridized carbons (Fsp3) is 0.294. The quantitative estimate of drug-likeness (QED) is 0.672. The molecule has 1 aromatic heterocycles. The van der Waals surface area contributed by atoms with Crippen LogP contribution in [-0.4, -0.2) is 25.0 Å². The third-order valence-electron chi connectivity index (χ3n) is 3.16. The van der Waals surface area contributed by atoms with Gasteiger partial charge in [0.1, 0.15) is 5.82 Å². The zero-order valence-corrected chi connectivity index (χ0v) is 13.6. The number of nitrogens with zero attached hydrogens (tertiary/aromatic N) is 3. The van der Waals surface area contributed by atoms with Crippen LogP contribution in [-0.2, 0) is 6.54 Å². The highest BCUT2D eigenvalue weighted by Gasteiger charge is 2.01. The average molecular weight is 297 g/mol. The topological polar surface area (TPSA) is 66.5 Å². The van der Waals surface area contributed by atoms with E-state index in [0.29, 0.717) is 12.5 Å². The zero-order chi connectivity index (χ0) is 16.1. The Labute approximate surface area is 131 Å². The van der Waals surface area contributed by atoms with Crippen LogP contribution in [0.2, 0.25) is 0 Å². The summed E-state index contributed by atoms with van der Waals surface area (Å²) < 4.78 is 0. The van der Waals surface area contributed by atoms with Crippen molar-refractivity contribution < 1.29 is 0 Å². The van der Waals surface area contributed by atoms with Crippen molar-refractivity contribution in [2.75, 3.05) is 24.3 Å². The molecule has 5 heteroatoms. The lowest BCUT2D eigenvalue weighted by atomic mass is 10.1. The Balaban J connectivity index is 2.05. The molecule has 2 aromatic rings. The Kier molecular flexibility index (Phi) is 4.99. The second-order valence-electron chi connectivity index (χ2n) is 5.58. The number of benzene rings is 1. The number of hydrogen-bond donors (Lipinski definition) is 2. The van der Waals surface area contributed by atoms with Gasteiger partial charge in [-0.25, -0.2) is 9.98 Å². The molecule has 3 N–H and O–H groups in total. The fourth-order valence-corrected chi connectivity index (χ4v) is 2.20. The Morgan fingerprint density at radius 1 is 1.18 bits per heavy atom. The number of hydrogen-bond acceptors (Lipinski definition) is 3. The Hall–Kier alpha value is -2.56. The van der Waals surface area contributed by atoms with E-state index in [2.05, 4.69) is 35.2 Å². The molecule has 0 bridgehead atoms. The maximum absolute atomic E-state index is 5.95. The molecule has 1 heterocycles. The first-order valence-corrected chi connectivity index (χ1v) is 7.22. The van der Waals surface area contributed by atoms with Crippen LogP contribution in [0.25, 0.3) is 0 Å². The fourth-order valence-electron chi connectivity index (χ4n) is 2.20. The van der Waals surface area contributed by atoms with Gasteiger partial charge in [0.05, 0.1) is 12.2 Å². The number of guanidine groups is 1. The largest absolute Gasteiger partial charge is 0.370 e. The summed E-state index contributed by atoms with van der Waals surface area (Å²) in [6, 6.07) is 12.1. The summed E-state index contributed by atoms with van der Waals surface area (Å²) in [7, 11) is 3.93. The maximum atomic E-state index is 5.95. The van der Waals surface area contributed by atoms with Crippen LogP contribution < -0.4 is 16.0 Å². The molecular formula is C17H23N5. The van der Waals surface area contributed by atoms with Crippen LogP contribution >= 0.6 is 0 Å². The van der Waals surface area contributed by atoms with Gasteiger partial charge in [-0.1, -0.05) is 12.1 Å². The number of aromatic nitrogens is 1. The van der Waals surface area contributed by atoms with Gasteiger partial charge in [0.2, 0.25) is 0 Å². The van der Waals surface area contributed by atoms with Crippen molar-refractivity contribution in [3.8, 4) is 0 Å². The van der Waals surface area contributed by atoms with E-state index in [1.807, 2.05) is 49.3 Å². The lowest BCUT2D eigenvalue weighted by Gasteiger charge is -2.11. The highest BCUT2D eigenvalue weighted by atomic mass is 15.1. The number of nitrogens with one attached hydrogen (secondary N) is 1. The smallest absolute Gasteiger partial charge is 0.193 e. The van der Waals surface area contributed by atoms with E-state index in [1.54, 1.807) is 0 Å². The van der Waals surface area contributed by atoms with Gasteiger partial charge in [0.15, 0.2) is 5.96 Å².